The van der Waals surface area contributed by atoms with E-state index in [2.05, 4.69) is 5.32 Å². The quantitative estimate of drug-likeness (QED) is 0.821. The van der Waals surface area contributed by atoms with E-state index in [1.807, 2.05) is 13.8 Å². The maximum absolute atomic E-state index is 12.4. The molecular weight excluding hydrogens is 316 g/mol. The Labute approximate surface area is 137 Å². The zero-order valence-corrected chi connectivity index (χ0v) is 14.4. The summed E-state index contributed by atoms with van der Waals surface area (Å²) in [4.78, 5) is 11.9. The van der Waals surface area contributed by atoms with Crippen LogP contribution < -0.4 is 10.1 Å². The lowest BCUT2D eigenvalue weighted by molar-refractivity contribution is -0.123. The molecule has 0 radical (unpaired) electrons. The first kappa shape index (κ1) is 17.7. The second kappa shape index (κ2) is 7.79. The third-order valence-corrected chi connectivity index (χ3v) is 5.83. The molecule has 0 bridgehead atoms. The van der Waals surface area contributed by atoms with E-state index in [-0.39, 0.29) is 23.5 Å². The number of sulfonamides is 1. The monoisotopic (exact) mass is 340 g/mol. The van der Waals surface area contributed by atoms with Gasteiger partial charge in [-0.1, -0.05) is 6.92 Å². The van der Waals surface area contributed by atoms with Crippen molar-refractivity contribution in [1.82, 2.24) is 9.62 Å². The van der Waals surface area contributed by atoms with Crippen molar-refractivity contribution < 1.29 is 17.9 Å². The molecule has 0 saturated carbocycles. The topological polar surface area (TPSA) is 75.7 Å². The SMILES string of the molecule is CC[C@H](C)NC(=O)COc1ccc(S(=O)(=O)N2CCCC2)cc1. The molecule has 1 heterocycles. The van der Waals surface area contributed by atoms with Gasteiger partial charge in [0, 0.05) is 19.1 Å². The number of amides is 1. The minimum absolute atomic E-state index is 0.0808. The second-order valence-electron chi connectivity index (χ2n) is 5.75. The molecule has 1 N–H and O–H groups in total. The molecule has 0 spiro atoms. The number of rotatable bonds is 7. The van der Waals surface area contributed by atoms with Crippen LogP contribution in [0.4, 0.5) is 0 Å². The summed E-state index contributed by atoms with van der Waals surface area (Å²) in [6.07, 6.45) is 2.67. The van der Waals surface area contributed by atoms with Crippen molar-refractivity contribution in [3.63, 3.8) is 0 Å². The summed E-state index contributed by atoms with van der Waals surface area (Å²) in [7, 11) is -3.41. The van der Waals surface area contributed by atoms with Crippen molar-refractivity contribution >= 4 is 15.9 Å². The Balaban J connectivity index is 1.93. The first-order valence-corrected chi connectivity index (χ1v) is 9.40. The smallest absolute Gasteiger partial charge is 0.258 e. The summed E-state index contributed by atoms with van der Waals surface area (Å²) >= 11 is 0. The van der Waals surface area contributed by atoms with E-state index >= 15 is 0 Å². The first-order chi connectivity index (χ1) is 10.9. The van der Waals surface area contributed by atoms with E-state index in [4.69, 9.17) is 4.74 Å². The average molecular weight is 340 g/mol. The molecule has 1 fully saturated rings. The lowest BCUT2D eigenvalue weighted by Crippen LogP contribution is -2.35. The average Bonchev–Trinajstić information content (AvgIpc) is 3.08. The van der Waals surface area contributed by atoms with Gasteiger partial charge in [0.2, 0.25) is 10.0 Å². The van der Waals surface area contributed by atoms with Crippen LogP contribution in [0.15, 0.2) is 29.2 Å². The highest BCUT2D eigenvalue weighted by atomic mass is 32.2. The van der Waals surface area contributed by atoms with E-state index in [1.54, 1.807) is 12.1 Å². The van der Waals surface area contributed by atoms with Crippen molar-refractivity contribution in [3.05, 3.63) is 24.3 Å². The summed E-state index contributed by atoms with van der Waals surface area (Å²) in [6.45, 7) is 5.00. The Morgan fingerprint density at radius 1 is 1.26 bits per heavy atom. The Morgan fingerprint density at radius 2 is 1.87 bits per heavy atom. The number of benzene rings is 1. The van der Waals surface area contributed by atoms with Crippen molar-refractivity contribution in [2.75, 3.05) is 19.7 Å². The predicted octanol–water partition coefficient (Wildman–Crippen LogP) is 1.76. The molecule has 1 aromatic rings. The molecular formula is C16H24N2O4S. The van der Waals surface area contributed by atoms with Gasteiger partial charge in [-0.15, -0.1) is 0 Å². The van der Waals surface area contributed by atoms with Crippen molar-refractivity contribution in [1.29, 1.82) is 0 Å². The molecule has 1 atom stereocenters. The summed E-state index contributed by atoms with van der Waals surface area (Å²) < 4.78 is 31.7. The molecule has 23 heavy (non-hydrogen) atoms. The minimum atomic E-state index is -3.41. The highest BCUT2D eigenvalue weighted by molar-refractivity contribution is 7.89. The highest BCUT2D eigenvalue weighted by Gasteiger charge is 2.26. The fourth-order valence-corrected chi connectivity index (χ4v) is 3.87. The highest BCUT2D eigenvalue weighted by Crippen LogP contribution is 2.22. The van der Waals surface area contributed by atoms with Crippen LogP contribution in [0.25, 0.3) is 0 Å². The van der Waals surface area contributed by atoms with Gasteiger partial charge < -0.3 is 10.1 Å². The third-order valence-electron chi connectivity index (χ3n) is 3.92. The minimum Gasteiger partial charge on any atom is -0.484 e. The van der Waals surface area contributed by atoms with Gasteiger partial charge in [0.1, 0.15) is 5.75 Å². The standard InChI is InChI=1S/C16H24N2O4S/c1-3-13(2)17-16(19)12-22-14-6-8-15(9-7-14)23(20,21)18-10-4-5-11-18/h6-9,13H,3-5,10-12H2,1-2H3,(H,17,19)/t13-/m0/s1. The van der Waals surface area contributed by atoms with E-state index < -0.39 is 10.0 Å². The summed E-state index contributed by atoms with van der Waals surface area (Å²) in [5.41, 5.74) is 0. The van der Waals surface area contributed by atoms with Gasteiger partial charge in [0.05, 0.1) is 4.90 Å². The Hall–Kier alpha value is -1.60. The maximum Gasteiger partial charge on any atom is 0.258 e. The number of carbonyl (C=O) groups is 1. The number of hydrogen-bond acceptors (Lipinski definition) is 4. The zero-order valence-electron chi connectivity index (χ0n) is 13.6. The molecule has 1 amide bonds. The fraction of sp³-hybridized carbons (Fsp3) is 0.562. The molecule has 128 valence electrons. The summed E-state index contributed by atoms with van der Waals surface area (Å²) in [5.74, 6) is 0.290. The van der Waals surface area contributed by atoms with Crippen LogP contribution in [0.5, 0.6) is 5.75 Å². The molecule has 2 rings (SSSR count). The Bertz CT molecular complexity index is 622. The molecule has 1 aliphatic heterocycles. The molecule has 7 heteroatoms. The Morgan fingerprint density at radius 3 is 2.43 bits per heavy atom. The first-order valence-electron chi connectivity index (χ1n) is 7.96. The van der Waals surface area contributed by atoms with Gasteiger partial charge in [0.25, 0.3) is 5.91 Å². The number of hydrogen-bond donors (Lipinski definition) is 1. The van der Waals surface area contributed by atoms with Crippen molar-refractivity contribution in [2.24, 2.45) is 0 Å². The van der Waals surface area contributed by atoms with Gasteiger partial charge in [-0.2, -0.15) is 4.31 Å². The van der Waals surface area contributed by atoms with E-state index in [9.17, 15) is 13.2 Å². The lowest BCUT2D eigenvalue weighted by atomic mass is 10.2. The summed E-state index contributed by atoms with van der Waals surface area (Å²) in [5, 5.41) is 2.81. The zero-order chi connectivity index (χ0) is 16.9. The van der Waals surface area contributed by atoms with Crippen LogP contribution in [0, 0.1) is 0 Å². The van der Waals surface area contributed by atoms with Gasteiger partial charge in [-0.25, -0.2) is 8.42 Å². The molecule has 6 nitrogen and oxygen atoms in total. The van der Waals surface area contributed by atoms with Crippen molar-refractivity contribution in [2.45, 2.75) is 44.0 Å². The molecule has 1 saturated heterocycles. The summed E-state index contributed by atoms with van der Waals surface area (Å²) in [6, 6.07) is 6.32. The van der Waals surface area contributed by atoms with Crippen LogP contribution in [0.1, 0.15) is 33.1 Å². The fourth-order valence-electron chi connectivity index (χ4n) is 2.35. The second-order valence-corrected chi connectivity index (χ2v) is 7.69. The number of ether oxygens (including phenoxy) is 1. The van der Waals surface area contributed by atoms with Crippen LogP contribution in [0.2, 0.25) is 0 Å². The van der Waals surface area contributed by atoms with E-state index in [0.29, 0.717) is 18.8 Å². The van der Waals surface area contributed by atoms with E-state index in [1.165, 1.54) is 16.4 Å². The third kappa shape index (κ3) is 4.68. The largest absolute Gasteiger partial charge is 0.484 e. The normalized spacial score (nSPS) is 17.0. The van der Waals surface area contributed by atoms with Gasteiger partial charge in [-0.3, -0.25) is 4.79 Å². The van der Waals surface area contributed by atoms with Crippen LogP contribution in [-0.2, 0) is 14.8 Å². The molecule has 0 aliphatic carbocycles. The predicted molar refractivity (Wildman–Crippen MR) is 87.8 cm³/mol. The van der Waals surface area contributed by atoms with Crippen LogP contribution in [0.3, 0.4) is 0 Å². The number of carbonyl (C=O) groups excluding carboxylic acids is 1. The van der Waals surface area contributed by atoms with Crippen molar-refractivity contribution in [3.8, 4) is 5.75 Å². The molecule has 0 unspecified atom stereocenters. The van der Waals surface area contributed by atoms with Gasteiger partial charge in [0.15, 0.2) is 6.61 Å². The Kier molecular flexibility index (Phi) is 6.01. The van der Waals surface area contributed by atoms with Gasteiger partial charge in [-0.05, 0) is 50.5 Å². The lowest BCUT2D eigenvalue weighted by Gasteiger charge is -2.16. The molecule has 1 aliphatic rings. The maximum atomic E-state index is 12.4. The number of nitrogens with one attached hydrogen (secondary N) is 1. The molecule has 1 aromatic carbocycles. The van der Waals surface area contributed by atoms with Gasteiger partial charge >= 0.3 is 0 Å². The van der Waals surface area contributed by atoms with Crippen LogP contribution >= 0.6 is 0 Å². The molecule has 0 aromatic heterocycles. The number of nitrogens with zero attached hydrogens (tertiary/aromatic N) is 1. The van der Waals surface area contributed by atoms with Crippen LogP contribution in [-0.4, -0.2) is 44.4 Å². The van der Waals surface area contributed by atoms with E-state index in [0.717, 1.165) is 19.3 Å².